The quantitative estimate of drug-likeness (QED) is 0.545. The number of ketones is 1. The lowest BCUT2D eigenvalue weighted by Gasteiger charge is -2.41. The highest BCUT2D eigenvalue weighted by molar-refractivity contribution is 8.00. The first-order valence-electron chi connectivity index (χ1n) is 5.77. The van der Waals surface area contributed by atoms with Crippen molar-refractivity contribution in [1.82, 2.24) is 4.90 Å². The fourth-order valence-corrected chi connectivity index (χ4v) is 3.49. The summed E-state index contributed by atoms with van der Waals surface area (Å²) < 4.78 is -0.378. The van der Waals surface area contributed by atoms with Gasteiger partial charge in [0.1, 0.15) is 5.78 Å². The maximum Gasteiger partial charge on any atom is 0.136 e. The van der Waals surface area contributed by atoms with Crippen LogP contribution in [0.15, 0.2) is 0 Å². The molecule has 2 rings (SSSR count). The second-order valence-electron chi connectivity index (χ2n) is 4.86. The molecule has 2 fully saturated rings. The van der Waals surface area contributed by atoms with E-state index in [-0.39, 0.29) is 4.08 Å². The van der Waals surface area contributed by atoms with Crippen LogP contribution >= 0.6 is 25.3 Å². The zero-order valence-corrected chi connectivity index (χ0v) is 10.8. The number of rotatable bonds is 1. The Morgan fingerprint density at radius 2 is 1.87 bits per heavy atom. The van der Waals surface area contributed by atoms with Gasteiger partial charge in [-0.15, -0.1) is 0 Å². The standard InChI is InChI=1S/C11H19NOS2/c13-10-6-9(7-11(14,15)8-10)12-4-2-1-3-5-12/h9,14-15H,1-8H2. The van der Waals surface area contributed by atoms with Gasteiger partial charge in [0, 0.05) is 18.9 Å². The maximum absolute atomic E-state index is 11.6. The smallest absolute Gasteiger partial charge is 0.136 e. The van der Waals surface area contributed by atoms with Crippen LogP contribution in [-0.4, -0.2) is 33.9 Å². The van der Waals surface area contributed by atoms with E-state index in [1.807, 2.05) is 0 Å². The first-order valence-corrected chi connectivity index (χ1v) is 6.67. The number of Topliss-reactive ketones (excluding diaryl/α,β-unsaturated/α-hetero) is 1. The predicted molar refractivity (Wildman–Crippen MR) is 68.8 cm³/mol. The fourth-order valence-electron chi connectivity index (χ4n) is 2.71. The molecule has 1 saturated carbocycles. The second kappa shape index (κ2) is 4.68. The molecule has 1 atom stereocenters. The largest absolute Gasteiger partial charge is 0.300 e. The Bertz CT molecular complexity index is 249. The van der Waals surface area contributed by atoms with E-state index in [1.54, 1.807) is 0 Å². The minimum absolute atomic E-state index is 0.321. The zero-order valence-electron chi connectivity index (χ0n) is 8.98. The normalized spacial score (nSPS) is 32.9. The number of nitrogens with zero attached hydrogens (tertiary/aromatic N) is 1. The van der Waals surface area contributed by atoms with Crippen LogP contribution in [0.1, 0.15) is 38.5 Å². The Labute approximate surface area is 103 Å². The average molecular weight is 245 g/mol. The molecule has 0 aromatic heterocycles. The number of likely N-dealkylation sites (tertiary alicyclic amines) is 1. The highest BCUT2D eigenvalue weighted by Gasteiger charge is 2.37. The van der Waals surface area contributed by atoms with Gasteiger partial charge in [0.15, 0.2) is 0 Å². The van der Waals surface area contributed by atoms with Gasteiger partial charge in [0.05, 0.1) is 4.08 Å². The molecule has 0 aromatic rings. The van der Waals surface area contributed by atoms with Crippen molar-refractivity contribution in [3.63, 3.8) is 0 Å². The molecule has 0 bridgehead atoms. The van der Waals surface area contributed by atoms with Gasteiger partial charge in [-0.1, -0.05) is 6.42 Å². The molecule has 4 heteroatoms. The van der Waals surface area contributed by atoms with Crippen molar-refractivity contribution in [2.24, 2.45) is 0 Å². The van der Waals surface area contributed by atoms with Gasteiger partial charge in [-0.3, -0.25) is 9.69 Å². The van der Waals surface area contributed by atoms with E-state index < -0.39 is 0 Å². The summed E-state index contributed by atoms with van der Waals surface area (Å²) in [6.45, 7) is 2.30. The molecule has 0 amide bonds. The third-order valence-electron chi connectivity index (χ3n) is 3.41. The van der Waals surface area contributed by atoms with E-state index in [0.29, 0.717) is 24.7 Å². The summed E-state index contributed by atoms with van der Waals surface area (Å²) in [6.07, 6.45) is 6.05. The first-order chi connectivity index (χ1) is 7.07. The molecule has 0 radical (unpaired) electrons. The van der Waals surface area contributed by atoms with Crippen LogP contribution in [0.5, 0.6) is 0 Å². The third kappa shape index (κ3) is 3.14. The molecule has 15 heavy (non-hydrogen) atoms. The van der Waals surface area contributed by atoms with Crippen molar-refractivity contribution in [3.05, 3.63) is 0 Å². The SMILES string of the molecule is O=C1CC(N2CCCCC2)CC(S)(S)C1. The maximum atomic E-state index is 11.6. The summed E-state index contributed by atoms with van der Waals surface area (Å²) in [5, 5.41) is 0. The molecule has 1 unspecified atom stereocenters. The lowest BCUT2D eigenvalue weighted by atomic mass is 9.91. The molecular formula is C11H19NOS2. The molecule has 1 aliphatic heterocycles. The van der Waals surface area contributed by atoms with Gasteiger partial charge < -0.3 is 0 Å². The van der Waals surface area contributed by atoms with Gasteiger partial charge in [0.25, 0.3) is 0 Å². The Balaban J connectivity index is 1.98. The summed E-state index contributed by atoms with van der Waals surface area (Å²) in [4.78, 5) is 14.1. The van der Waals surface area contributed by atoms with E-state index in [4.69, 9.17) is 0 Å². The first kappa shape index (κ1) is 11.8. The van der Waals surface area contributed by atoms with Gasteiger partial charge in [-0.25, -0.2) is 0 Å². The third-order valence-corrected chi connectivity index (χ3v) is 4.09. The van der Waals surface area contributed by atoms with Crippen LogP contribution in [0.25, 0.3) is 0 Å². The molecule has 0 aromatic carbocycles. The van der Waals surface area contributed by atoms with Crippen LogP contribution in [-0.2, 0) is 4.79 Å². The van der Waals surface area contributed by atoms with E-state index in [9.17, 15) is 4.79 Å². The molecule has 0 spiro atoms. The number of thiol groups is 2. The van der Waals surface area contributed by atoms with Crippen molar-refractivity contribution < 1.29 is 4.79 Å². The van der Waals surface area contributed by atoms with E-state index in [2.05, 4.69) is 30.2 Å². The van der Waals surface area contributed by atoms with Crippen LogP contribution in [0.3, 0.4) is 0 Å². The number of hydrogen-bond donors (Lipinski definition) is 2. The molecule has 2 nitrogen and oxygen atoms in total. The molecular weight excluding hydrogens is 226 g/mol. The number of carbonyl (C=O) groups excluding carboxylic acids is 1. The Morgan fingerprint density at radius 1 is 1.20 bits per heavy atom. The lowest BCUT2D eigenvalue weighted by Crippen LogP contribution is -2.46. The summed E-state index contributed by atoms with van der Waals surface area (Å²) in [6, 6.07) is 0.390. The highest BCUT2D eigenvalue weighted by atomic mass is 32.2. The molecule has 1 saturated heterocycles. The van der Waals surface area contributed by atoms with Gasteiger partial charge in [0.2, 0.25) is 0 Å². The fraction of sp³-hybridized carbons (Fsp3) is 0.909. The van der Waals surface area contributed by atoms with Gasteiger partial charge in [-0.2, -0.15) is 25.3 Å². The highest BCUT2D eigenvalue weighted by Crippen LogP contribution is 2.37. The van der Waals surface area contributed by atoms with Gasteiger partial charge >= 0.3 is 0 Å². The van der Waals surface area contributed by atoms with Crippen molar-refractivity contribution in [2.45, 2.75) is 48.6 Å². The van der Waals surface area contributed by atoms with Crippen molar-refractivity contribution in [2.75, 3.05) is 13.1 Å². The molecule has 86 valence electrons. The number of piperidine rings is 1. The minimum Gasteiger partial charge on any atom is -0.300 e. The Morgan fingerprint density at radius 3 is 2.47 bits per heavy atom. The molecule has 1 heterocycles. The van der Waals surface area contributed by atoms with E-state index >= 15 is 0 Å². The zero-order chi connectivity index (χ0) is 10.9. The topological polar surface area (TPSA) is 20.3 Å². The van der Waals surface area contributed by atoms with Crippen LogP contribution in [0, 0.1) is 0 Å². The summed E-state index contributed by atoms with van der Waals surface area (Å²) >= 11 is 8.95. The van der Waals surface area contributed by atoms with Crippen LogP contribution in [0.2, 0.25) is 0 Å². The van der Waals surface area contributed by atoms with Crippen molar-refractivity contribution in [1.29, 1.82) is 0 Å². The summed E-state index contributed by atoms with van der Waals surface area (Å²) in [5.41, 5.74) is 0. The van der Waals surface area contributed by atoms with Gasteiger partial charge in [-0.05, 0) is 32.4 Å². The lowest BCUT2D eigenvalue weighted by molar-refractivity contribution is -0.122. The van der Waals surface area contributed by atoms with E-state index in [1.165, 1.54) is 19.3 Å². The van der Waals surface area contributed by atoms with Crippen LogP contribution < -0.4 is 0 Å². The predicted octanol–water partition coefficient (Wildman–Crippen LogP) is 2.15. The molecule has 0 N–H and O–H groups in total. The summed E-state index contributed by atoms with van der Waals surface area (Å²) in [5.74, 6) is 0.321. The molecule has 2 aliphatic rings. The van der Waals surface area contributed by atoms with E-state index in [0.717, 1.165) is 19.5 Å². The monoisotopic (exact) mass is 245 g/mol. The number of carbonyl (C=O) groups is 1. The van der Waals surface area contributed by atoms with Crippen molar-refractivity contribution >= 4 is 31.0 Å². The second-order valence-corrected chi connectivity index (χ2v) is 6.92. The molecule has 1 aliphatic carbocycles. The van der Waals surface area contributed by atoms with Crippen LogP contribution in [0.4, 0.5) is 0 Å². The minimum atomic E-state index is -0.378. The Kier molecular flexibility index (Phi) is 3.68. The average Bonchev–Trinajstić information content (AvgIpc) is 2.16. The summed E-state index contributed by atoms with van der Waals surface area (Å²) in [7, 11) is 0. The Hall–Kier alpha value is 0.330. The number of hydrogen-bond acceptors (Lipinski definition) is 4. The van der Waals surface area contributed by atoms with Crippen molar-refractivity contribution in [3.8, 4) is 0 Å².